The van der Waals surface area contributed by atoms with E-state index in [0.717, 1.165) is 0 Å². The fraction of sp³-hybridized carbons (Fsp3) is 0.818. The van der Waals surface area contributed by atoms with Gasteiger partial charge in [-0.15, -0.1) is 0 Å². The van der Waals surface area contributed by atoms with Gasteiger partial charge in [0.25, 0.3) is 5.79 Å². The highest BCUT2D eigenvalue weighted by molar-refractivity contribution is 5.77. The van der Waals surface area contributed by atoms with Crippen LogP contribution in [0, 0.1) is 5.41 Å². The summed E-state index contributed by atoms with van der Waals surface area (Å²) >= 11 is 0. The van der Waals surface area contributed by atoms with Crippen molar-refractivity contribution in [1.82, 2.24) is 0 Å². The number of hydrogen-bond donors (Lipinski definition) is 0. The minimum Gasteiger partial charge on any atom is -0.423 e. The first-order chi connectivity index (χ1) is 6.79. The van der Waals surface area contributed by atoms with E-state index in [0.29, 0.717) is 19.3 Å². The fourth-order valence-electron chi connectivity index (χ4n) is 1.22. The average molecular weight is 214 g/mol. The summed E-state index contributed by atoms with van der Waals surface area (Å²) in [5, 5.41) is 0. The monoisotopic (exact) mass is 214 g/mol. The molecule has 0 radical (unpaired) electrons. The van der Waals surface area contributed by atoms with E-state index in [1.54, 1.807) is 6.92 Å². The van der Waals surface area contributed by atoms with E-state index in [2.05, 4.69) is 0 Å². The van der Waals surface area contributed by atoms with Crippen molar-refractivity contribution in [2.75, 3.05) is 0 Å². The van der Waals surface area contributed by atoms with Crippen LogP contribution in [0.5, 0.6) is 0 Å². The topological polar surface area (TPSA) is 52.6 Å². The number of carbonyl (C=O) groups is 2. The maximum absolute atomic E-state index is 11.8. The molecule has 1 saturated heterocycles. The van der Waals surface area contributed by atoms with Crippen molar-refractivity contribution in [3.63, 3.8) is 0 Å². The van der Waals surface area contributed by atoms with Crippen LogP contribution in [0.4, 0.5) is 0 Å². The highest BCUT2D eigenvalue weighted by Gasteiger charge is 2.42. The Bertz CT molecular complexity index is 282. The van der Waals surface area contributed by atoms with Crippen LogP contribution < -0.4 is 0 Å². The summed E-state index contributed by atoms with van der Waals surface area (Å²) < 4.78 is 10.2. The van der Waals surface area contributed by atoms with Crippen molar-refractivity contribution >= 4 is 11.9 Å². The number of hydrogen-bond acceptors (Lipinski definition) is 4. The molecule has 0 spiro atoms. The van der Waals surface area contributed by atoms with E-state index in [1.165, 1.54) is 0 Å². The lowest BCUT2D eigenvalue weighted by Crippen LogP contribution is -2.37. The summed E-state index contributed by atoms with van der Waals surface area (Å²) in [6, 6.07) is 0. The van der Waals surface area contributed by atoms with Gasteiger partial charge in [-0.05, 0) is 20.3 Å². The second-order valence-electron chi connectivity index (χ2n) is 4.73. The molecule has 4 nitrogen and oxygen atoms in total. The Labute approximate surface area is 89.9 Å². The molecule has 15 heavy (non-hydrogen) atoms. The number of carbonyl (C=O) groups excluding carboxylic acids is 2. The highest BCUT2D eigenvalue weighted by Crippen LogP contribution is 2.31. The van der Waals surface area contributed by atoms with Gasteiger partial charge in [0.2, 0.25) is 0 Å². The third kappa shape index (κ3) is 2.70. The van der Waals surface area contributed by atoms with E-state index in [9.17, 15) is 9.59 Å². The third-order valence-electron chi connectivity index (χ3n) is 2.86. The summed E-state index contributed by atoms with van der Waals surface area (Å²) in [6.45, 7) is 7.18. The summed E-state index contributed by atoms with van der Waals surface area (Å²) in [4.78, 5) is 22.7. The SMILES string of the molecule is CCC(C)(C)C(=O)OC1(C)CCC(=O)O1. The standard InChI is InChI=1S/C11H18O4/c1-5-10(2,3)9(13)15-11(4)7-6-8(12)14-11/h5-7H2,1-4H3. The van der Waals surface area contributed by atoms with Crippen molar-refractivity contribution in [3.05, 3.63) is 0 Å². The number of rotatable bonds is 3. The lowest BCUT2D eigenvalue weighted by atomic mass is 9.90. The number of cyclic esters (lactones) is 1. The van der Waals surface area contributed by atoms with Crippen LogP contribution in [0.1, 0.15) is 47.0 Å². The van der Waals surface area contributed by atoms with E-state index >= 15 is 0 Å². The molecule has 0 aromatic heterocycles. The molecule has 0 aliphatic carbocycles. The lowest BCUT2D eigenvalue weighted by molar-refractivity contribution is -0.214. The summed E-state index contributed by atoms with van der Waals surface area (Å²) in [5.74, 6) is -1.68. The van der Waals surface area contributed by atoms with Gasteiger partial charge in [0.05, 0.1) is 11.8 Å². The quantitative estimate of drug-likeness (QED) is 0.674. The summed E-state index contributed by atoms with van der Waals surface area (Å²) in [6.07, 6.45) is 1.45. The Morgan fingerprint density at radius 1 is 1.60 bits per heavy atom. The van der Waals surface area contributed by atoms with Crippen molar-refractivity contribution in [1.29, 1.82) is 0 Å². The molecule has 0 saturated carbocycles. The van der Waals surface area contributed by atoms with Crippen molar-refractivity contribution in [2.24, 2.45) is 5.41 Å². The van der Waals surface area contributed by atoms with Crippen LogP contribution >= 0.6 is 0 Å². The molecular weight excluding hydrogens is 196 g/mol. The maximum Gasteiger partial charge on any atom is 0.314 e. The van der Waals surface area contributed by atoms with Crippen LogP contribution in [-0.2, 0) is 19.1 Å². The molecule has 4 heteroatoms. The van der Waals surface area contributed by atoms with Gasteiger partial charge in [-0.1, -0.05) is 6.92 Å². The van der Waals surface area contributed by atoms with E-state index in [1.807, 2.05) is 20.8 Å². The summed E-state index contributed by atoms with van der Waals surface area (Å²) in [7, 11) is 0. The zero-order chi connectivity index (χ0) is 11.7. The first-order valence-electron chi connectivity index (χ1n) is 5.24. The average Bonchev–Trinajstić information content (AvgIpc) is 2.46. The molecule has 1 aliphatic rings. The Kier molecular flexibility index (Phi) is 3.07. The first kappa shape index (κ1) is 12.0. The predicted octanol–water partition coefficient (Wildman–Crippen LogP) is 2.02. The van der Waals surface area contributed by atoms with Gasteiger partial charge in [0.1, 0.15) is 0 Å². The number of ether oxygens (including phenoxy) is 2. The van der Waals surface area contributed by atoms with Crippen molar-refractivity contribution in [3.8, 4) is 0 Å². The Hall–Kier alpha value is -1.06. The molecule has 0 aromatic carbocycles. The minimum absolute atomic E-state index is 0.306. The van der Waals surface area contributed by atoms with Gasteiger partial charge < -0.3 is 9.47 Å². The molecule has 0 amide bonds. The molecular formula is C11H18O4. The zero-order valence-electron chi connectivity index (χ0n) is 9.75. The van der Waals surface area contributed by atoms with Gasteiger partial charge in [-0.25, -0.2) is 0 Å². The van der Waals surface area contributed by atoms with Gasteiger partial charge in [-0.2, -0.15) is 0 Å². The van der Waals surface area contributed by atoms with Gasteiger partial charge in [0, 0.05) is 13.3 Å². The van der Waals surface area contributed by atoms with Crippen LogP contribution in [0.15, 0.2) is 0 Å². The van der Waals surface area contributed by atoms with Crippen molar-refractivity contribution < 1.29 is 19.1 Å². The van der Waals surface area contributed by atoms with Crippen molar-refractivity contribution in [2.45, 2.75) is 52.7 Å². The molecule has 1 aliphatic heterocycles. The normalized spacial score (nSPS) is 26.3. The molecule has 0 bridgehead atoms. The largest absolute Gasteiger partial charge is 0.423 e. The molecule has 1 heterocycles. The fourth-order valence-corrected chi connectivity index (χ4v) is 1.22. The molecule has 1 fully saturated rings. The summed E-state index contributed by atoms with van der Waals surface area (Å²) in [5.41, 5.74) is -0.530. The molecule has 1 rings (SSSR count). The second-order valence-corrected chi connectivity index (χ2v) is 4.73. The highest BCUT2D eigenvalue weighted by atomic mass is 16.7. The third-order valence-corrected chi connectivity index (χ3v) is 2.86. The zero-order valence-corrected chi connectivity index (χ0v) is 9.75. The maximum atomic E-state index is 11.8. The molecule has 1 unspecified atom stereocenters. The van der Waals surface area contributed by atoms with Gasteiger partial charge >= 0.3 is 11.9 Å². The van der Waals surface area contributed by atoms with E-state index < -0.39 is 11.2 Å². The first-order valence-corrected chi connectivity index (χ1v) is 5.24. The van der Waals surface area contributed by atoms with Crippen LogP contribution in [0.25, 0.3) is 0 Å². The number of esters is 2. The smallest absolute Gasteiger partial charge is 0.314 e. The Morgan fingerprint density at radius 2 is 2.20 bits per heavy atom. The molecule has 0 aromatic rings. The van der Waals surface area contributed by atoms with Gasteiger partial charge in [0.15, 0.2) is 0 Å². The molecule has 0 N–H and O–H groups in total. The molecule has 86 valence electrons. The molecule has 1 atom stereocenters. The van der Waals surface area contributed by atoms with Crippen LogP contribution in [0.2, 0.25) is 0 Å². The van der Waals surface area contributed by atoms with E-state index in [-0.39, 0.29) is 11.9 Å². The predicted molar refractivity (Wildman–Crippen MR) is 53.9 cm³/mol. The Balaban J connectivity index is 2.62. The van der Waals surface area contributed by atoms with Crippen LogP contribution in [-0.4, -0.2) is 17.7 Å². The second kappa shape index (κ2) is 3.83. The minimum atomic E-state index is -1.05. The lowest BCUT2D eigenvalue weighted by Gasteiger charge is -2.28. The van der Waals surface area contributed by atoms with Crippen LogP contribution in [0.3, 0.4) is 0 Å². The van der Waals surface area contributed by atoms with E-state index in [4.69, 9.17) is 9.47 Å². The Morgan fingerprint density at radius 3 is 2.60 bits per heavy atom. The van der Waals surface area contributed by atoms with Gasteiger partial charge in [-0.3, -0.25) is 9.59 Å².